The summed E-state index contributed by atoms with van der Waals surface area (Å²) >= 11 is 0. The number of aliphatic hydroxyl groups is 3. The van der Waals surface area contributed by atoms with Crippen LogP contribution < -0.4 is 0 Å². The van der Waals surface area contributed by atoms with E-state index in [1.54, 1.807) is 0 Å². The first-order valence-corrected chi connectivity index (χ1v) is 10.8. The minimum atomic E-state index is -2.19. The van der Waals surface area contributed by atoms with Crippen LogP contribution in [0.3, 0.4) is 0 Å². The number of aliphatic hydroxyl groups excluding tert-OH is 3. The van der Waals surface area contributed by atoms with Crippen LogP contribution in [0.15, 0.2) is 0 Å². The summed E-state index contributed by atoms with van der Waals surface area (Å²) in [5.41, 5.74) is 0. The summed E-state index contributed by atoms with van der Waals surface area (Å²) in [6.45, 7) is 1.71. The molecule has 0 radical (unpaired) electrons. The second-order valence-corrected chi connectivity index (χ2v) is 8.32. The van der Waals surface area contributed by atoms with Crippen LogP contribution in [0.1, 0.15) is 84.0 Å². The fraction of sp³-hybridized carbons (Fsp3) is 1.00. The van der Waals surface area contributed by atoms with Crippen LogP contribution >= 0.6 is 7.80 Å². The largest absolute Gasteiger partial charge is 0.394 e. The molecule has 0 rings (SSSR count). The Kier molecular flexibility index (Phi) is 16.1. The Hall–Kier alpha value is 0.110. The molecule has 0 spiro atoms. The van der Waals surface area contributed by atoms with Crippen molar-refractivity contribution in [1.29, 1.82) is 0 Å². The summed E-state index contributed by atoms with van der Waals surface area (Å²) in [5.74, 6) is -1.25. The summed E-state index contributed by atoms with van der Waals surface area (Å²) in [7, 11) is -2.19. The highest BCUT2D eigenvalue weighted by Gasteiger charge is 2.20. The predicted molar refractivity (Wildman–Crippen MR) is 94.0 cm³/mol. The van der Waals surface area contributed by atoms with Gasteiger partial charge in [0.05, 0.1) is 6.61 Å². The molecule has 3 N–H and O–H groups in total. The number of unbranched alkanes of at least 4 members (excludes halogenated alkanes) is 11. The highest BCUT2D eigenvalue weighted by Crippen LogP contribution is 2.30. The maximum absolute atomic E-state index is 11.7. The van der Waals surface area contributed by atoms with Crippen molar-refractivity contribution in [1.82, 2.24) is 0 Å². The van der Waals surface area contributed by atoms with E-state index in [9.17, 15) is 14.8 Å². The third kappa shape index (κ3) is 12.6. The average Bonchev–Trinajstić information content (AvgIpc) is 2.54. The van der Waals surface area contributed by atoms with E-state index >= 15 is 0 Å². The molecule has 0 amide bonds. The van der Waals surface area contributed by atoms with Gasteiger partial charge in [0.15, 0.2) is 0 Å². The zero-order chi connectivity index (χ0) is 16.6. The first-order valence-electron chi connectivity index (χ1n) is 9.13. The number of hydrogen-bond donors (Lipinski definition) is 3. The van der Waals surface area contributed by atoms with Crippen LogP contribution in [-0.4, -0.2) is 40.0 Å². The Morgan fingerprint density at radius 2 is 1.18 bits per heavy atom. The molecule has 0 aliphatic carbocycles. The van der Waals surface area contributed by atoms with E-state index in [2.05, 4.69) is 6.92 Å². The molecule has 0 aromatic rings. The van der Waals surface area contributed by atoms with Crippen molar-refractivity contribution in [3.63, 3.8) is 0 Å². The lowest BCUT2D eigenvalue weighted by Gasteiger charge is -2.15. The molecule has 5 heteroatoms. The fourth-order valence-electron chi connectivity index (χ4n) is 2.60. The quantitative estimate of drug-likeness (QED) is 0.295. The molecule has 3 atom stereocenters. The second-order valence-electron chi connectivity index (χ2n) is 6.30. The Morgan fingerprint density at radius 3 is 1.59 bits per heavy atom. The zero-order valence-electron chi connectivity index (χ0n) is 14.3. The van der Waals surface area contributed by atoms with E-state index in [1.807, 2.05) is 0 Å². The minimum absolute atomic E-state index is 0.473. The van der Waals surface area contributed by atoms with Gasteiger partial charge in [-0.05, 0) is 6.42 Å². The van der Waals surface area contributed by atoms with E-state index in [0.717, 1.165) is 19.3 Å². The Balaban J connectivity index is 3.28. The lowest BCUT2D eigenvalue weighted by atomic mass is 10.1. The van der Waals surface area contributed by atoms with Crippen LogP contribution in [0.5, 0.6) is 0 Å². The van der Waals surface area contributed by atoms with E-state index in [1.165, 1.54) is 57.8 Å². The molecular weight excluding hydrogens is 299 g/mol. The van der Waals surface area contributed by atoms with Gasteiger partial charge in [-0.3, -0.25) is 0 Å². The molecule has 0 saturated heterocycles. The predicted octanol–water partition coefficient (Wildman–Crippen LogP) is 3.92. The van der Waals surface area contributed by atoms with E-state index in [0.29, 0.717) is 6.16 Å². The average molecular weight is 336 g/mol. The van der Waals surface area contributed by atoms with Crippen LogP contribution in [0.4, 0.5) is 0 Å². The molecule has 22 heavy (non-hydrogen) atoms. The van der Waals surface area contributed by atoms with Gasteiger partial charge in [-0.2, -0.15) is 0 Å². The van der Waals surface area contributed by atoms with Crippen LogP contribution in [0.2, 0.25) is 0 Å². The van der Waals surface area contributed by atoms with Gasteiger partial charge >= 0.3 is 0 Å². The second kappa shape index (κ2) is 16.0. The Bertz CT molecular complexity index is 261. The molecule has 0 bridgehead atoms. The Labute approximate surface area is 137 Å². The molecule has 0 fully saturated rings. The smallest absolute Gasteiger partial charge is 0.132 e. The third-order valence-electron chi connectivity index (χ3n) is 4.16. The number of hydrogen-bond acceptors (Lipinski definition) is 4. The van der Waals surface area contributed by atoms with Crippen LogP contribution in [-0.2, 0) is 4.57 Å². The third-order valence-corrected chi connectivity index (χ3v) is 6.05. The summed E-state index contributed by atoms with van der Waals surface area (Å²) in [4.78, 5) is 0. The first-order chi connectivity index (χ1) is 10.6. The minimum Gasteiger partial charge on any atom is -0.394 e. The van der Waals surface area contributed by atoms with Crippen molar-refractivity contribution >= 4 is 7.80 Å². The molecule has 0 aromatic heterocycles. The van der Waals surface area contributed by atoms with Gasteiger partial charge in [0.2, 0.25) is 0 Å². The van der Waals surface area contributed by atoms with Crippen molar-refractivity contribution < 1.29 is 19.9 Å². The van der Waals surface area contributed by atoms with Crippen molar-refractivity contribution in [2.45, 2.75) is 95.9 Å². The summed E-state index contributed by atoms with van der Waals surface area (Å²) in [6, 6.07) is 0. The van der Waals surface area contributed by atoms with Crippen molar-refractivity contribution in [3.05, 3.63) is 0 Å². The van der Waals surface area contributed by atoms with Gasteiger partial charge < -0.3 is 19.9 Å². The summed E-state index contributed by atoms with van der Waals surface area (Å²) in [6.07, 6.45) is 14.2. The van der Waals surface area contributed by atoms with Crippen LogP contribution in [0.25, 0.3) is 0 Å². The highest BCUT2D eigenvalue weighted by atomic mass is 31.1. The molecule has 134 valence electrons. The zero-order valence-corrected chi connectivity index (χ0v) is 15.3. The molecule has 0 heterocycles. The molecule has 0 aromatic carbocycles. The van der Waals surface area contributed by atoms with Gasteiger partial charge in [0.25, 0.3) is 0 Å². The highest BCUT2D eigenvalue weighted by molar-refractivity contribution is 7.45. The summed E-state index contributed by atoms with van der Waals surface area (Å²) < 4.78 is 11.7. The molecule has 4 nitrogen and oxygen atoms in total. The van der Waals surface area contributed by atoms with Crippen molar-refractivity contribution in [2.24, 2.45) is 0 Å². The molecular formula is C17H37O4P. The SMILES string of the molecule is CCCCCCCCCCCCCC[PH](=O)C(O)C(O)CO. The first kappa shape index (κ1) is 22.1. The molecule has 0 saturated carbocycles. The van der Waals surface area contributed by atoms with Crippen molar-refractivity contribution in [2.75, 3.05) is 12.8 Å². The van der Waals surface area contributed by atoms with Gasteiger partial charge in [0, 0.05) is 6.16 Å². The standard InChI is InChI=1S/C17H37O4P/c1-2-3-4-5-6-7-8-9-10-11-12-13-14-22(21)17(20)16(19)15-18/h16-20,22H,2-15H2,1H3. The van der Waals surface area contributed by atoms with E-state index in [4.69, 9.17) is 5.11 Å². The van der Waals surface area contributed by atoms with Crippen LogP contribution in [0, 0.1) is 0 Å². The Morgan fingerprint density at radius 1 is 0.773 bits per heavy atom. The maximum atomic E-state index is 11.7. The number of rotatable bonds is 16. The lowest BCUT2D eigenvalue weighted by molar-refractivity contribution is 0.0245. The topological polar surface area (TPSA) is 77.8 Å². The van der Waals surface area contributed by atoms with Gasteiger partial charge in [-0.25, -0.2) is 0 Å². The molecule has 3 unspecified atom stereocenters. The van der Waals surface area contributed by atoms with Gasteiger partial charge in [-0.1, -0.05) is 77.6 Å². The maximum Gasteiger partial charge on any atom is 0.132 e. The van der Waals surface area contributed by atoms with E-state index < -0.39 is 26.4 Å². The lowest BCUT2D eigenvalue weighted by Crippen LogP contribution is -2.26. The molecule has 0 aliphatic heterocycles. The molecule has 0 aliphatic rings. The van der Waals surface area contributed by atoms with E-state index in [-0.39, 0.29) is 0 Å². The summed E-state index contributed by atoms with van der Waals surface area (Å²) in [5, 5.41) is 27.4. The normalized spacial score (nSPS) is 15.6. The van der Waals surface area contributed by atoms with Gasteiger partial charge in [-0.15, -0.1) is 0 Å². The van der Waals surface area contributed by atoms with Crippen molar-refractivity contribution in [3.8, 4) is 0 Å². The van der Waals surface area contributed by atoms with Gasteiger partial charge in [0.1, 0.15) is 19.8 Å². The fourth-order valence-corrected chi connectivity index (χ4v) is 4.03. The monoisotopic (exact) mass is 336 g/mol.